The van der Waals surface area contributed by atoms with Gasteiger partial charge in [-0.25, -0.2) is 4.39 Å². The Labute approximate surface area is 162 Å². The SMILES string of the molecule is COc1ccc(Br)cc1[C@H]1CC(=O)Nc2c(-c3cccc(F)c3)csc21. The molecule has 0 unspecified atom stereocenters. The zero-order valence-electron chi connectivity index (χ0n) is 13.9. The van der Waals surface area contributed by atoms with Crippen molar-refractivity contribution < 1.29 is 13.9 Å². The van der Waals surface area contributed by atoms with Crippen LogP contribution in [-0.2, 0) is 4.79 Å². The maximum atomic E-state index is 13.6. The van der Waals surface area contributed by atoms with E-state index < -0.39 is 0 Å². The quantitative estimate of drug-likeness (QED) is 0.568. The molecule has 0 radical (unpaired) electrons. The van der Waals surface area contributed by atoms with Crippen LogP contribution in [0.2, 0.25) is 0 Å². The maximum absolute atomic E-state index is 13.6. The van der Waals surface area contributed by atoms with Gasteiger partial charge >= 0.3 is 0 Å². The number of ether oxygens (including phenoxy) is 1. The Kier molecular flexibility index (Phi) is 4.54. The van der Waals surface area contributed by atoms with Crippen molar-refractivity contribution >= 4 is 38.9 Å². The largest absolute Gasteiger partial charge is 0.496 e. The number of thiophene rings is 1. The number of fused-ring (bicyclic) bond motifs is 1. The number of amides is 1. The first kappa shape index (κ1) is 17.2. The monoisotopic (exact) mass is 431 g/mol. The molecule has 3 aromatic rings. The number of anilines is 1. The predicted molar refractivity (Wildman–Crippen MR) is 105 cm³/mol. The Hall–Kier alpha value is -2.18. The van der Waals surface area contributed by atoms with Crippen LogP contribution in [0.1, 0.15) is 22.8 Å². The van der Waals surface area contributed by atoms with Crippen molar-refractivity contribution in [2.45, 2.75) is 12.3 Å². The molecule has 0 bridgehead atoms. The van der Waals surface area contributed by atoms with E-state index in [1.165, 1.54) is 12.1 Å². The molecule has 1 aromatic heterocycles. The van der Waals surface area contributed by atoms with Crippen molar-refractivity contribution in [3.05, 3.63) is 68.6 Å². The summed E-state index contributed by atoms with van der Waals surface area (Å²) in [5.74, 6) is 0.299. The molecule has 2 aromatic carbocycles. The van der Waals surface area contributed by atoms with Crippen molar-refractivity contribution in [2.75, 3.05) is 12.4 Å². The van der Waals surface area contributed by atoms with Crippen molar-refractivity contribution in [1.82, 2.24) is 0 Å². The highest BCUT2D eigenvalue weighted by atomic mass is 79.9. The van der Waals surface area contributed by atoms with Crippen LogP contribution in [0.25, 0.3) is 11.1 Å². The summed E-state index contributed by atoms with van der Waals surface area (Å²) in [5, 5.41) is 4.95. The van der Waals surface area contributed by atoms with Crippen molar-refractivity contribution in [2.24, 2.45) is 0 Å². The molecule has 2 heterocycles. The fourth-order valence-electron chi connectivity index (χ4n) is 3.32. The van der Waals surface area contributed by atoms with E-state index in [-0.39, 0.29) is 17.6 Å². The van der Waals surface area contributed by atoms with Crippen molar-refractivity contribution in [1.29, 1.82) is 0 Å². The van der Waals surface area contributed by atoms with Gasteiger partial charge in [0, 0.05) is 38.2 Å². The highest BCUT2D eigenvalue weighted by Crippen LogP contribution is 2.48. The molecule has 0 saturated carbocycles. The van der Waals surface area contributed by atoms with Crippen LogP contribution >= 0.6 is 27.3 Å². The van der Waals surface area contributed by atoms with Crippen LogP contribution in [0, 0.1) is 5.82 Å². The predicted octanol–water partition coefficient (Wildman–Crippen LogP) is 5.80. The van der Waals surface area contributed by atoms with Crippen LogP contribution in [0.3, 0.4) is 0 Å². The Bertz CT molecular complexity index is 1000. The summed E-state index contributed by atoms with van der Waals surface area (Å²) < 4.78 is 20.1. The number of carbonyl (C=O) groups is 1. The van der Waals surface area contributed by atoms with E-state index in [2.05, 4.69) is 21.2 Å². The lowest BCUT2D eigenvalue weighted by molar-refractivity contribution is -0.116. The second-order valence-electron chi connectivity index (χ2n) is 6.09. The first-order valence-corrected chi connectivity index (χ1v) is 9.74. The van der Waals surface area contributed by atoms with Gasteiger partial charge in [-0.3, -0.25) is 4.79 Å². The molecule has 1 amide bonds. The summed E-state index contributed by atoms with van der Waals surface area (Å²) in [7, 11) is 1.63. The standard InChI is InChI=1S/C20H15BrFNO2S/c1-25-17-6-5-12(21)8-14(17)15-9-18(24)23-19-16(10-26-20(15)19)11-3-2-4-13(22)7-11/h2-8,10,15H,9H2,1H3,(H,23,24)/t15-/m1/s1. The normalized spacial score (nSPS) is 16.1. The Morgan fingerprint density at radius 1 is 1.27 bits per heavy atom. The second-order valence-corrected chi connectivity index (χ2v) is 7.92. The van der Waals surface area contributed by atoms with Gasteiger partial charge in [-0.05, 0) is 35.9 Å². The number of halogens is 2. The molecule has 0 spiro atoms. The fraction of sp³-hybridized carbons (Fsp3) is 0.150. The van der Waals surface area contributed by atoms with Crippen LogP contribution in [0.15, 0.2) is 52.3 Å². The van der Waals surface area contributed by atoms with Crippen LogP contribution in [-0.4, -0.2) is 13.0 Å². The van der Waals surface area contributed by atoms with Gasteiger partial charge in [0.15, 0.2) is 0 Å². The highest BCUT2D eigenvalue weighted by Gasteiger charge is 2.32. The van der Waals surface area contributed by atoms with Gasteiger partial charge in [-0.2, -0.15) is 0 Å². The van der Waals surface area contributed by atoms with Crippen LogP contribution in [0.4, 0.5) is 10.1 Å². The number of hydrogen-bond acceptors (Lipinski definition) is 3. The molecule has 1 aliphatic heterocycles. The Balaban J connectivity index is 1.86. The zero-order chi connectivity index (χ0) is 18.3. The number of hydrogen-bond donors (Lipinski definition) is 1. The Morgan fingerprint density at radius 2 is 2.12 bits per heavy atom. The molecule has 1 aliphatic rings. The Morgan fingerprint density at radius 3 is 2.88 bits per heavy atom. The maximum Gasteiger partial charge on any atom is 0.225 e. The molecule has 0 saturated heterocycles. The van der Waals surface area contributed by atoms with Crippen molar-refractivity contribution in [3.8, 4) is 16.9 Å². The van der Waals surface area contributed by atoms with Gasteiger partial charge in [0.1, 0.15) is 11.6 Å². The lowest BCUT2D eigenvalue weighted by Crippen LogP contribution is -2.22. The molecule has 4 rings (SSSR count). The van der Waals surface area contributed by atoms with Gasteiger partial charge in [0.25, 0.3) is 0 Å². The summed E-state index contributed by atoms with van der Waals surface area (Å²) in [5.41, 5.74) is 3.33. The van der Waals surface area contributed by atoms with Crippen LogP contribution in [0.5, 0.6) is 5.75 Å². The lowest BCUT2D eigenvalue weighted by Gasteiger charge is -2.25. The van der Waals surface area contributed by atoms with E-state index in [4.69, 9.17) is 4.74 Å². The average Bonchev–Trinajstić information content (AvgIpc) is 3.04. The molecule has 0 fully saturated rings. The van der Waals surface area contributed by atoms with Gasteiger partial charge in [0.05, 0.1) is 12.8 Å². The number of carbonyl (C=O) groups excluding carboxylic acids is 1. The first-order valence-electron chi connectivity index (χ1n) is 8.07. The minimum Gasteiger partial charge on any atom is -0.496 e. The summed E-state index contributed by atoms with van der Waals surface area (Å²) in [4.78, 5) is 13.5. The third-order valence-corrected chi connectivity index (χ3v) is 6.08. The molecule has 3 nitrogen and oxygen atoms in total. The average molecular weight is 432 g/mol. The van der Waals surface area contributed by atoms with Crippen LogP contribution < -0.4 is 10.1 Å². The van der Waals surface area contributed by atoms with Gasteiger partial charge in [-0.15, -0.1) is 11.3 Å². The molecule has 1 atom stereocenters. The highest BCUT2D eigenvalue weighted by molar-refractivity contribution is 9.10. The number of rotatable bonds is 3. The number of methoxy groups -OCH3 is 1. The van der Waals surface area contributed by atoms with Gasteiger partial charge in [-0.1, -0.05) is 28.1 Å². The third kappa shape index (κ3) is 3.04. The summed E-state index contributed by atoms with van der Waals surface area (Å²) in [6.07, 6.45) is 0.350. The molecule has 26 heavy (non-hydrogen) atoms. The van der Waals surface area contributed by atoms with E-state index in [9.17, 15) is 9.18 Å². The topological polar surface area (TPSA) is 38.3 Å². The van der Waals surface area contributed by atoms with E-state index in [0.29, 0.717) is 6.42 Å². The van der Waals surface area contributed by atoms with E-state index in [0.717, 1.165) is 37.5 Å². The smallest absolute Gasteiger partial charge is 0.225 e. The van der Waals surface area contributed by atoms with E-state index >= 15 is 0 Å². The summed E-state index contributed by atoms with van der Waals surface area (Å²) >= 11 is 5.08. The summed E-state index contributed by atoms with van der Waals surface area (Å²) in [6, 6.07) is 12.2. The molecule has 6 heteroatoms. The number of nitrogens with one attached hydrogen (secondary N) is 1. The zero-order valence-corrected chi connectivity index (χ0v) is 16.3. The van der Waals surface area contributed by atoms with E-state index in [1.54, 1.807) is 24.5 Å². The molecule has 1 N–H and O–H groups in total. The first-order chi connectivity index (χ1) is 12.6. The summed E-state index contributed by atoms with van der Waals surface area (Å²) in [6.45, 7) is 0. The number of benzene rings is 2. The minimum atomic E-state index is -0.296. The minimum absolute atomic E-state index is 0.0550. The molecule has 132 valence electrons. The van der Waals surface area contributed by atoms with Gasteiger partial charge < -0.3 is 10.1 Å². The molecular weight excluding hydrogens is 417 g/mol. The van der Waals surface area contributed by atoms with Crippen molar-refractivity contribution in [3.63, 3.8) is 0 Å². The molecule has 0 aliphatic carbocycles. The van der Waals surface area contributed by atoms with E-state index in [1.807, 2.05) is 29.6 Å². The fourth-order valence-corrected chi connectivity index (χ4v) is 4.85. The lowest BCUT2D eigenvalue weighted by atomic mass is 9.88. The molecular formula is C20H15BrFNO2S. The second kappa shape index (κ2) is 6.85. The van der Waals surface area contributed by atoms with Gasteiger partial charge in [0.2, 0.25) is 5.91 Å². The third-order valence-electron chi connectivity index (χ3n) is 4.49.